The summed E-state index contributed by atoms with van der Waals surface area (Å²) in [4.78, 5) is 28.4. The predicted molar refractivity (Wildman–Crippen MR) is 165 cm³/mol. The lowest BCUT2D eigenvalue weighted by molar-refractivity contribution is -0.154. The normalized spacial score (nSPS) is 20.9. The summed E-state index contributed by atoms with van der Waals surface area (Å²) in [5.41, 5.74) is 2.69. The molecule has 3 heterocycles. The van der Waals surface area contributed by atoms with Gasteiger partial charge in [0.25, 0.3) is 0 Å². The van der Waals surface area contributed by atoms with E-state index in [1.54, 1.807) is 0 Å². The number of fused-ring (bicyclic) bond motifs is 1. The van der Waals surface area contributed by atoms with Crippen LogP contribution in [0.2, 0.25) is 0 Å². The Balaban J connectivity index is 1.37. The number of piperazine rings is 2. The second kappa shape index (κ2) is 13.9. The van der Waals surface area contributed by atoms with Gasteiger partial charge in [0, 0.05) is 69.6 Å². The van der Waals surface area contributed by atoms with Crippen molar-refractivity contribution in [1.82, 2.24) is 24.7 Å². The SMILES string of the molecule is COc1nc(C2CC2)nc(OCC(F)(F)F)c1CN1C[C@H]2CN(C(=O)CCO)CCN2[C@H](C(c2ccccc2)c2ccccc2)C1. The standard InChI is InChI=1S/C34H40F3N5O4/c1-45-32-27(33(46-22-34(35,36)37)39-31(38-32)25-12-13-25)20-40-18-26-19-41(29(44)14-17-43)15-16-42(26)28(21-40)30(23-8-4-2-5-9-23)24-10-6-3-7-11-24/h2-11,25-26,28,30,43H,12-22H2,1H3/t26-,28-/m0/s1. The van der Waals surface area contributed by atoms with E-state index < -0.39 is 12.8 Å². The molecule has 1 N–H and O–H groups in total. The monoisotopic (exact) mass is 639 g/mol. The number of ether oxygens (including phenoxy) is 2. The molecule has 1 saturated carbocycles. The van der Waals surface area contributed by atoms with Crippen molar-refractivity contribution in [3.8, 4) is 11.8 Å². The third-order valence-corrected chi connectivity index (χ3v) is 9.09. The lowest BCUT2D eigenvalue weighted by atomic mass is 9.81. The van der Waals surface area contributed by atoms with Crippen LogP contribution in [0.3, 0.4) is 0 Å². The van der Waals surface area contributed by atoms with Crippen molar-refractivity contribution < 1.29 is 32.5 Å². The molecule has 1 aromatic heterocycles. The molecular formula is C34H40F3N5O4. The van der Waals surface area contributed by atoms with Crippen molar-refractivity contribution in [1.29, 1.82) is 0 Å². The first-order valence-electron chi connectivity index (χ1n) is 15.8. The number of aliphatic hydroxyl groups excluding tert-OH is 1. The molecular weight excluding hydrogens is 599 g/mol. The highest BCUT2D eigenvalue weighted by molar-refractivity contribution is 5.76. The Morgan fingerprint density at radius 1 is 0.957 bits per heavy atom. The van der Waals surface area contributed by atoms with Crippen molar-refractivity contribution >= 4 is 5.91 Å². The van der Waals surface area contributed by atoms with Gasteiger partial charge in [0.15, 0.2) is 6.61 Å². The molecule has 1 aliphatic carbocycles. The van der Waals surface area contributed by atoms with Gasteiger partial charge in [-0.2, -0.15) is 23.1 Å². The molecule has 9 nitrogen and oxygen atoms in total. The Morgan fingerprint density at radius 2 is 1.61 bits per heavy atom. The molecule has 2 atom stereocenters. The van der Waals surface area contributed by atoms with E-state index in [0.29, 0.717) is 44.1 Å². The summed E-state index contributed by atoms with van der Waals surface area (Å²) in [6, 6.07) is 20.5. The van der Waals surface area contributed by atoms with Crippen LogP contribution < -0.4 is 9.47 Å². The average molecular weight is 640 g/mol. The number of nitrogens with zero attached hydrogens (tertiary/aromatic N) is 5. The van der Waals surface area contributed by atoms with Gasteiger partial charge in [-0.1, -0.05) is 60.7 Å². The number of rotatable bonds is 11. The van der Waals surface area contributed by atoms with Gasteiger partial charge in [-0.15, -0.1) is 0 Å². The molecule has 6 rings (SSSR count). The number of carbonyl (C=O) groups is 1. The van der Waals surface area contributed by atoms with Crippen LogP contribution in [0.1, 0.15) is 53.6 Å². The van der Waals surface area contributed by atoms with Crippen LogP contribution in [-0.2, 0) is 11.3 Å². The molecule has 0 spiro atoms. The van der Waals surface area contributed by atoms with Crippen LogP contribution in [0.25, 0.3) is 0 Å². The van der Waals surface area contributed by atoms with E-state index in [1.165, 1.54) is 7.11 Å². The number of hydrogen-bond acceptors (Lipinski definition) is 8. The molecule has 0 radical (unpaired) electrons. The third kappa shape index (κ3) is 7.45. The molecule has 246 valence electrons. The van der Waals surface area contributed by atoms with E-state index >= 15 is 0 Å². The van der Waals surface area contributed by atoms with E-state index in [2.05, 4.69) is 44.0 Å². The minimum atomic E-state index is -4.53. The first kappa shape index (κ1) is 32.2. The molecule has 2 saturated heterocycles. The number of amides is 1. The van der Waals surface area contributed by atoms with Crippen LogP contribution in [0.15, 0.2) is 60.7 Å². The highest BCUT2D eigenvalue weighted by atomic mass is 19.4. The maximum Gasteiger partial charge on any atom is 0.422 e. The largest absolute Gasteiger partial charge is 0.481 e. The summed E-state index contributed by atoms with van der Waals surface area (Å²) >= 11 is 0. The van der Waals surface area contributed by atoms with Gasteiger partial charge in [-0.25, -0.2) is 0 Å². The van der Waals surface area contributed by atoms with Crippen LogP contribution in [-0.4, -0.2) is 107 Å². The number of methoxy groups -OCH3 is 1. The van der Waals surface area contributed by atoms with E-state index in [1.807, 2.05) is 41.3 Å². The van der Waals surface area contributed by atoms with E-state index in [0.717, 1.165) is 24.0 Å². The number of halogens is 3. The maximum absolute atomic E-state index is 13.3. The fourth-order valence-corrected chi connectivity index (χ4v) is 6.86. The van der Waals surface area contributed by atoms with Crippen molar-refractivity contribution in [2.24, 2.45) is 0 Å². The second-order valence-electron chi connectivity index (χ2n) is 12.3. The fourth-order valence-electron chi connectivity index (χ4n) is 6.86. The minimum Gasteiger partial charge on any atom is -0.481 e. The van der Waals surface area contributed by atoms with Crippen LogP contribution >= 0.6 is 0 Å². The first-order chi connectivity index (χ1) is 22.2. The van der Waals surface area contributed by atoms with Gasteiger partial charge in [0.1, 0.15) is 5.82 Å². The Kier molecular flexibility index (Phi) is 9.76. The lowest BCUT2D eigenvalue weighted by Gasteiger charge is -2.53. The smallest absolute Gasteiger partial charge is 0.422 e. The van der Waals surface area contributed by atoms with Gasteiger partial charge in [-0.3, -0.25) is 14.6 Å². The average Bonchev–Trinajstić information content (AvgIpc) is 3.91. The van der Waals surface area contributed by atoms with E-state index in [4.69, 9.17) is 9.47 Å². The molecule has 3 aromatic rings. The van der Waals surface area contributed by atoms with E-state index in [-0.39, 0.29) is 61.2 Å². The van der Waals surface area contributed by atoms with Gasteiger partial charge >= 0.3 is 6.18 Å². The summed E-state index contributed by atoms with van der Waals surface area (Å²) < 4.78 is 51.0. The molecule has 0 unspecified atom stereocenters. The van der Waals surface area contributed by atoms with Gasteiger partial charge in [-0.05, 0) is 24.0 Å². The lowest BCUT2D eigenvalue weighted by Crippen LogP contribution is -2.67. The van der Waals surface area contributed by atoms with Crippen molar-refractivity contribution in [3.05, 3.63) is 83.2 Å². The quantitative estimate of drug-likeness (QED) is 0.334. The Labute approximate surface area is 266 Å². The molecule has 46 heavy (non-hydrogen) atoms. The highest BCUT2D eigenvalue weighted by Gasteiger charge is 2.43. The molecule has 12 heteroatoms. The molecule has 3 fully saturated rings. The van der Waals surface area contributed by atoms with Crippen molar-refractivity contribution in [2.75, 3.05) is 53.0 Å². The maximum atomic E-state index is 13.3. The number of alkyl halides is 3. The first-order valence-corrected chi connectivity index (χ1v) is 15.8. The summed E-state index contributed by atoms with van der Waals surface area (Å²) in [6.45, 7) is 1.40. The zero-order chi connectivity index (χ0) is 32.3. The molecule has 2 aromatic carbocycles. The molecule has 3 aliphatic rings. The number of carbonyl (C=O) groups excluding carboxylic acids is 1. The predicted octanol–water partition coefficient (Wildman–Crippen LogP) is 4.22. The van der Waals surface area contributed by atoms with Crippen LogP contribution in [0.5, 0.6) is 11.8 Å². The molecule has 0 bridgehead atoms. The van der Waals surface area contributed by atoms with E-state index in [9.17, 15) is 23.1 Å². The zero-order valence-corrected chi connectivity index (χ0v) is 25.9. The number of benzene rings is 2. The molecule has 2 aliphatic heterocycles. The highest BCUT2D eigenvalue weighted by Crippen LogP contribution is 2.42. The Morgan fingerprint density at radius 3 is 2.20 bits per heavy atom. The van der Waals surface area contributed by atoms with Crippen molar-refractivity contribution in [2.45, 2.75) is 55.9 Å². The number of aliphatic hydroxyl groups is 1. The number of hydrogen-bond donors (Lipinski definition) is 1. The Bertz CT molecular complexity index is 1440. The summed E-state index contributed by atoms with van der Waals surface area (Å²) in [5.74, 6) is 0.552. The van der Waals surface area contributed by atoms with Crippen LogP contribution in [0.4, 0.5) is 13.2 Å². The Hall–Kier alpha value is -3.74. The number of aromatic nitrogens is 2. The van der Waals surface area contributed by atoms with Gasteiger partial charge in [0.05, 0.1) is 19.3 Å². The van der Waals surface area contributed by atoms with Crippen molar-refractivity contribution in [3.63, 3.8) is 0 Å². The zero-order valence-electron chi connectivity index (χ0n) is 25.9. The molecule has 1 amide bonds. The summed E-state index contributed by atoms with van der Waals surface area (Å²) in [7, 11) is 1.46. The fraction of sp³-hybridized carbons (Fsp3) is 0.500. The van der Waals surface area contributed by atoms with Gasteiger partial charge in [0.2, 0.25) is 17.7 Å². The minimum absolute atomic E-state index is 0.0104. The second-order valence-corrected chi connectivity index (χ2v) is 12.3. The summed E-state index contributed by atoms with van der Waals surface area (Å²) in [5, 5.41) is 9.43. The summed E-state index contributed by atoms with van der Waals surface area (Å²) in [6.07, 6.45) is -2.72. The van der Waals surface area contributed by atoms with Crippen LogP contribution in [0, 0.1) is 0 Å². The third-order valence-electron chi connectivity index (χ3n) is 9.09. The topological polar surface area (TPSA) is 91.3 Å². The van der Waals surface area contributed by atoms with Gasteiger partial charge < -0.3 is 19.5 Å².